The van der Waals surface area contributed by atoms with Crippen LogP contribution in [0.1, 0.15) is 58.2 Å². The maximum Gasteiger partial charge on any atom is 0.141 e. The molecule has 0 atom stereocenters. The summed E-state index contributed by atoms with van der Waals surface area (Å²) in [5, 5.41) is 4.22. The van der Waals surface area contributed by atoms with Gasteiger partial charge in [0.25, 0.3) is 0 Å². The van der Waals surface area contributed by atoms with E-state index in [1.807, 2.05) is 4.68 Å². The first-order chi connectivity index (χ1) is 10.0. The molecule has 0 unspecified atom stereocenters. The Morgan fingerprint density at radius 3 is 2.71 bits per heavy atom. The van der Waals surface area contributed by atoms with Crippen molar-refractivity contribution in [3.63, 3.8) is 0 Å². The standard InChI is InChI=1S/C16H28N4O/c1-13(2)10-20-15(18-12-19-20)8-14(21)9-16(11-17)6-4-3-5-7-16/h12-13H,3-11,17H2,1-2H3. The van der Waals surface area contributed by atoms with Crippen LogP contribution in [-0.2, 0) is 17.8 Å². The molecule has 118 valence electrons. The predicted octanol–water partition coefficient (Wildman–Crippen LogP) is 2.34. The van der Waals surface area contributed by atoms with Crippen molar-refractivity contribution in [1.29, 1.82) is 0 Å². The van der Waals surface area contributed by atoms with Gasteiger partial charge in [0.15, 0.2) is 0 Å². The van der Waals surface area contributed by atoms with Gasteiger partial charge in [0.05, 0.1) is 6.42 Å². The Balaban J connectivity index is 1.96. The Labute approximate surface area is 127 Å². The monoisotopic (exact) mass is 292 g/mol. The van der Waals surface area contributed by atoms with Crippen molar-refractivity contribution in [2.24, 2.45) is 17.1 Å². The maximum atomic E-state index is 12.4. The third-order valence-corrected chi connectivity index (χ3v) is 4.51. The molecule has 0 spiro atoms. The van der Waals surface area contributed by atoms with Gasteiger partial charge in [-0.05, 0) is 30.7 Å². The zero-order chi connectivity index (χ0) is 15.3. The number of hydrogen-bond acceptors (Lipinski definition) is 4. The van der Waals surface area contributed by atoms with E-state index in [-0.39, 0.29) is 11.2 Å². The molecule has 0 aliphatic heterocycles. The first kappa shape index (κ1) is 16.1. The first-order valence-electron chi connectivity index (χ1n) is 8.13. The lowest BCUT2D eigenvalue weighted by molar-refractivity contribution is -0.121. The van der Waals surface area contributed by atoms with E-state index in [9.17, 15) is 4.79 Å². The summed E-state index contributed by atoms with van der Waals surface area (Å²) in [6.07, 6.45) is 8.39. The SMILES string of the molecule is CC(C)Cn1ncnc1CC(=O)CC1(CN)CCCCC1. The number of aromatic nitrogens is 3. The van der Waals surface area contributed by atoms with E-state index in [0.29, 0.717) is 25.3 Å². The molecular weight excluding hydrogens is 264 g/mol. The van der Waals surface area contributed by atoms with Gasteiger partial charge in [0.1, 0.15) is 17.9 Å². The predicted molar refractivity (Wildman–Crippen MR) is 82.8 cm³/mol. The zero-order valence-corrected chi connectivity index (χ0v) is 13.3. The van der Waals surface area contributed by atoms with Gasteiger partial charge in [-0.3, -0.25) is 4.79 Å². The molecular formula is C16H28N4O. The molecule has 0 saturated heterocycles. The van der Waals surface area contributed by atoms with Crippen molar-refractivity contribution in [1.82, 2.24) is 14.8 Å². The van der Waals surface area contributed by atoms with Crippen LogP contribution in [0.3, 0.4) is 0 Å². The van der Waals surface area contributed by atoms with Crippen LogP contribution in [0.25, 0.3) is 0 Å². The Hall–Kier alpha value is -1.23. The van der Waals surface area contributed by atoms with Crippen LogP contribution in [0, 0.1) is 11.3 Å². The summed E-state index contributed by atoms with van der Waals surface area (Å²) in [6.45, 7) is 5.71. The number of rotatable bonds is 7. The van der Waals surface area contributed by atoms with E-state index in [2.05, 4.69) is 23.9 Å². The Morgan fingerprint density at radius 1 is 1.38 bits per heavy atom. The van der Waals surface area contributed by atoms with Gasteiger partial charge in [-0.15, -0.1) is 0 Å². The van der Waals surface area contributed by atoms with Gasteiger partial charge in [-0.2, -0.15) is 5.10 Å². The highest BCUT2D eigenvalue weighted by atomic mass is 16.1. The summed E-state index contributed by atoms with van der Waals surface area (Å²) in [4.78, 5) is 16.7. The summed E-state index contributed by atoms with van der Waals surface area (Å²) in [6, 6.07) is 0. The quantitative estimate of drug-likeness (QED) is 0.837. The van der Waals surface area contributed by atoms with Crippen LogP contribution in [0.5, 0.6) is 0 Å². The summed E-state index contributed by atoms with van der Waals surface area (Å²) in [5.74, 6) is 1.53. The number of nitrogens with zero attached hydrogens (tertiary/aromatic N) is 3. The van der Waals surface area contributed by atoms with Gasteiger partial charge in [-0.25, -0.2) is 9.67 Å². The highest BCUT2D eigenvalue weighted by molar-refractivity contribution is 5.80. The molecule has 0 radical (unpaired) electrons. The van der Waals surface area contributed by atoms with E-state index >= 15 is 0 Å². The molecule has 0 bridgehead atoms. The van der Waals surface area contributed by atoms with E-state index in [1.54, 1.807) is 6.33 Å². The van der Waals surface area contributed by atoms with Crippen LogP contribution in [0.15, 0.2) is 6.33 Å². The molecule has 1 saturated carbocycles. The molecule has 0 amide bonds. The summed E-state index contributed by atoms with van der Waals surface area (Å²) in [7, 11) is 0. The molecule has 5 nitrogen and oxygen atoms in total. The molecule has 1 aliphatic rings. The molecule has 5 heteroatoms. The van der Waals surface area contributed by atoms with Crippen LogP contribution >= 0.6 is 0 Å². The van der Waals surface area contributed by atoms with Crippen molar-refractivity contribution in [3.8, 4) is 0 Å². The number of carbonyl (C=O) groups is 1. The second-order valence-electron chi connectivity index (χ2n) is 6.91. The van der Waals surface area contributed by atoms with E-state index in [0.717, 1.165) is 25.2 Å². The van der Waals surface area contributed by atoms with Gasteiger partial charge < -0.3 is 5.73 Å². The molecule has 2 N–H and O–H groups in total. The number of Topliss-reactive ketones (excluding diaryl/α,β-unsaturated/α-hetero) is 1. The van der Waals surface area contributed by atoms with E-state index in [1.165, 1.54) is 19.3 Å². The second kappa shape index (κ2) is 7.16. The number of carbonyl (C=O) groups excluding carboxylic acids is 1. The van der Waals surface area contributed by atoms with E-state index in [4.69, 9.17) is 5.73 Å². The highest BCUT2D eigenvalue weighted by Gasteiger charge is 2.33. The smallest absolute Gasteiger partial charge is 0.141 e. The van der Waals surface area contributed by atoms with Crippen molar-refractivity contribution >= 4 is 5.78 Å². The number of nitrogens with two attached hydrogens (primary N) is 1. The minimum Gasteiger partial charge on any atom is -0.330 e. The molecule has 1 fully saturated rings. The molecule has 2 rings (SSSR count). The van der Waals surface area contributed by atoms with Crippen molar-refractivity contribution in [2.75, 3.05) is 6.54 Å². The van der Waals surface area contributed by atoms with Crippen LogP contribution in [-0.4, -0.2) is 27.1 Å². The van der Waals surface area contributed by atoms with Crippen molar-refractivity contribution in [3.05, 3.63) is 12.2 Å². The average molecular weight is 292 g/mol. The fourth-order valence-corrected chi connectivity index (χ4v) is 3.34. The van der Waals surface area contributed by atoms with Crippen molar-refractivity contribution in [2.45, 2.75) is 65.3 Å². The summed E-state index contributed by atoms with van der Waals surface area (Å²) < 4.78 is 1.86. The average Bonchev–Trinajstić information content (AvgIpc) is 2.86. The second-order valence-corrected chi connectivity index (χ2v) is 6.91. The molecule has 1 aromatic rings. The fraction of sp³-hybridized carbons (Fsp3) is 0.812. The third-order valence-electron chi connectivity index (χ3n) is 4.51. The van der Waals surface area contributed by atoms with Gasteiger partial charge in [0.2, 0.25) is 0 Å². The molecule has 21 heavy (non-hydrogen) atoms. The third kappa shape index (κ3) is 4.37. The van der Waals surface area contributed by atoms with Gasteiger partial charge in [0, 0.05) is 13.0 Å². The number of ketones is 1. The first-order valence-corrected chi connectivity index (χ1v) is 8.13. The molecule has 1 heterocycles. The maximum absolute atomic E-state index is 12.4. The normalized spacial score (nSPS) is 18.1. The topological polar surface area (TPSA) is 73.8 Å². The highest BCUT2D eigenvalue weighted by Crippen LogP contribution is 2.38. The van der Waals surface area contributed by atoms with Gasteiger partial charge >= 0.3 is 0 Å². The fourth-order valence-electron chi connectivity index (χ4n) is 3.34. The Bertz CT molecular complexity index is 461. The molecule has 1 aliphatic carbocycles. The summed E-state index contributed by atoms with van der Waals surface area (Å²) in [5.41, 5.74) is 6.01. The van der Waals surface area contributed by atoms with Crippen LogP contribution in [0.4, 0.5) is 0 Å². The van der Waals surface area contributed by atoms with E-state index < -0.39 is 0 Å². The largest absolute Gasteiger partial charge is 0.330 e. The van der Waals surface area contributed by atoms with Crippen molar-refractivity contribution < 1.29 is 4.79 Å². The van der Waals surface area contributed by atoms with Gasteiger partial charge in [-0.1, -0.05) is 33.1 Å². The number of hydrogen-bond donors (Lipinski definition) is 1. The zero-order valence-electron chi connectivity index (χ0n) is 13.3. The minimum atomic E-state index is 0.0399. The lowest BCUT2D eigenvalue weighted by atomic mass is 9.71. The lowest BCUT2D eigenvalue weighted by Crippen LogP contribution is -2.35. The molecule has 0 aromatic carbocycles. The minimum absolute atomic E-state index is 0.0399. The Kier molecular flexibility index (Phi) is 5.51. The summed E-state index contributed by atoms with van der Waals surface area (Å²) >= 11 is 0. The van der Waals surface area contributed by atoms with Crippen LogP contribution < -0.4 is 5.73 Å². The molecule has 1 aromatic heterocycles. The van der Waals surface area contributed by atoms with Crippen LogP contribution in [0.2, 0.25) is 0 Å². The Morgan fingerprint density at radius 2 is 2.10 bits per heavy atom. The lowest BCUT2D eigenvalue weighted by Gasteiger charge is -2.35.